The second-order valence-electron chi connectivity index (χ2n) is 6.29. The summed E-state index contributed by atoms with van der Waals surface area (Å²) in [5.74, 6) is 0.317. The topological polar surface area (TPSA) is 86.8 Å². The van der Waals surface area contributed by atoms with Crippen molar-refractivity contribution in [1.82, 2.24) is 4.98 Å². The molecule has 30 heavy (non-hydrogen) atoms. The number of esters is 1. The molecular weight excluding hydrogens is 404 g/mol. The van der Waals surface area contributed by atoms with Gasteiger partial charge in [-0.05, 0) is 55.8 Å². The summed E-state index contributed by atoms with van der Waals surface area (Å²) in [6, 6.07) is 10.6. The molecule has 156 valence electrons. The molecule has 2 heterocycles. The number of nitrogens with zero attached hydrogens (tertiary/aromatic N) is 1. The third-order valence-corrected chi connectivity index (χ3v) is 5.45. The van der Waals surface area contributed by atoms with E-state index in [1.54, 1.807) is 45.4 Å². The van der Waals surface area contributed by atoms with Crippen LogP contribution in [0.2, 0.25) is 0 Å². The number of carbonyl (C=O) groups excluding carboxylic acids is 2. The summed E-state index contributed by atoms with van der Waals surface area (Å²) >= 11 is 1.23. The first-order valence-electron chi connectivity index (χ1n) is 9.24. The molecule has 3 aromatic rings. The van der Waals surface area contributed by atoms with Crippen LogP contribution in [-0.4, -0.2) is 37.7 Å². The number of pyridine rings is 1. The Kier molecular flexibility index (Phi) is 6.68. The van der Waals surface area contributed by atoms with E-state index in [1.165, 1.54) is 17.5 Å². The van der Waals surface area contributed by atoms with E-state index < -0.39 is 5.97 Å². The molecule has 7 nitrogen and oxygen atoms in total. The van der Waals surface area contributed by atoms with E-state index in [0.717, 1.165) is 16.1 Å². The standard InChI is InChI=1S/C22H22N2O5S/c1-5-29-22(26)20-16(24-21(25)15-7-6-13(2)23-12-15)11-19(30-20)14-8-9-17(27-3)18(10-14)28-4/h6-12H,5H2,1-4H3,(H,24,25). The lowest BCUT2D eigenvalue weighted by molar-refractivity contribution is 0.0533. The molecule has 1 amide bonds. The first-order valence-corrected chi connectivity index (χ1v) is 10.1. The number of benzene rings is 1. The number of nitrogens with one attached hydrogen (secondary N) is 1. The van der Waals surface area contributed by atoms with Gasteiger partial charge in [-0.2, -0.15) is 0 Å². The largest absolute Gasteiger partial charge is 0.493 e. The molecule has 0 unspecified atom stereocenters. The van der Waals surface area contributed by atoms with Crippen molar-refractivity contribution in [2.24, 2.45) is 0 Å². The van der Waals surface area contributed by atoms with Crippen molar-refractivity contribution >= 4 is 28.9 Å². The highest BCUT2D eigenvalue weighted by molar-refractivity contribution is 7.18. The van der Waals surface area contributed by atoms with Gasteiger partial charge in [-0.1, -0.05) is 0 Å². The highest BCUT2D eigenvalue weighted by Gasteiger charge is 2.21. The van der Waals surface area contributed by atoms with Crippen molar-refractivity contribution in [2.75, 3.05) is 26.1 Å². The Morgan fingerprint density at radius 3 is 2.47 bits per heavy atom. The first kappa shape index (κ1) is 21.3. The van der Waals surface area contributed by atoms with E-state index >= 15 is 0 Å². The van der Waals surface area contributed by atoms with E-state index in [9.17, 15) is 9.59 Å². The van der Waals surface area contributed by atoms with E-state index in [2.05, 4.69) is 10.3 Å². The molecule has 0 atom stereocenters. The van der Waals surface area contributed by atoms with Crippen molar-refractivity contribution < 1.29 is 23.8 Å². The lowest BCUT2D eigenvalue weighted by Crippen LogP contribution is -2.14. The van der Waals surface area contributed by atoms with Crippen LogP contribution < -0.4 is 14.8 Å². The maximum absolute atomic E-state index is 12.7. The van der Waals surface area contributed by atoms with Crippen LogP contribution in [0.15, 0.2) is 42.6 Å². The van der Waals surface area contributed by atoms with E-state index in [4.69, 9.17) is 14.2 Å². The lowest BCUT2D eigenvalue weighted by Gasteiger charge is -2.08. The quantitative estimate of drug-likeness (QED) is 0.557. The zero-order chi connectivity index (χ0) is 21.7. The van der Waals surface area contributed by atoms with E-state index in [-0.39, 0.29) is 12.5 Å². The van der Waals surface area contributed by atoms with Gasteiger partial charge in [0.25, 0.3) is 5.91 Å². The van der Waals surface area contributed by atoms with Gasteiger partial charge in [0.1, 0.15) is 4.88 Å². The van der Waals surface area contributed by atoms with E-state index in [0.29, 0.717) is 27.6 Å². The summed E-state index contributed by atoms with van der Waals surface area (Å²) < 4.78 is 15.8. The van der Waals surface area contributed by atoms with Gasteiger partial charge in [0.15, 0.2) is 11.5 Å². The van der Waals surface area contributed by atoms with Crippen molar-refractivity contribution in [3.63, 3.8) is 0 Å². The van der Waals surface area contributed by atoms with Crippen molar-refractivity contribution in [1.29, 1.82) is 0 Å². The van der Waals surface area contributed by atoms with Crippen LogP contribution in [0.1, 0.15) is 32.6 Å². The third-order valence-electron chi connectivity index (χ3n) is 4.28. The van der Waals surface area contributed by atoms with Gasteiger partial charge in [0, 0.05) is 16.8 Å². The van der Waals surface area contributed by atoms with Crippen LogP contribution in [-0.2, 0) is 4.74 Å². The number of anilines is 1. The Hall–Kier alpha value is -3.39. The minimum atomic E-state index is -0.494. The number of hydrogen-bond donors (Lipinski definition) is 1. The Morgan fingerprint density at radius 2 is 1.83 bits per heavy atom. The smallest absolute Gasteiger partial charge is 0.350 e. The minimum Gasteiger partial charge on any atom is -0.493 e. The fraction of sp³-hybridized carbons (Fsp3) is 0.227. The van der Waals surface area contributed by atoms with Gasteiger partial charge in [0.05, 0.1) is 32.1 Å². The SMILES string of the molecule is CCOC(=O)c1sc(-c2ccc(OC)c(OC)c2)cc1NC(=O)c1ccc(C)nc1. The van der Waals surface area contributed by atoms with Gasteiger partial charge in [-0.3, -0.25) is 9.78 Å². The Bertz CT molecular complexity index is 1060. The zero-order valence-electron chi connectivity index (χ0n) is 17.1. The second-order valence-corrected chi connectivity index (χ2v) is 7.34. The molecule has 0 aliphatic carbocycles. The molecule has 1 aromatic carbocycles. The summed E-state index contributed by atoms with van der Waals surface area (Å²) in [5.41, 5.74) is 2.41. The molecule has 0 saturated heterocycles. The van der Waals surface area contributed by atoms with Crippen LogP contribution in [0.5, 0.6) is 11.5 Å². The summed E-state index contributed by atoms with van der Waals surface area (Å²) in [6.07, 6.45) is 1.50. The number of carbonyl (C=O) groups is 2. The Labute approximate surface area is 178 Å². The van der Waals surface area contributed by atoms with Gasteiger partial charge in [0.2, 0.25) is 0 Å². The average molecular weight is 426 g/mol. The molecule has 3 rings (SSSR count). The predicted molar refractivity (Wildman–Crippen MR) is 116 cm³/mol. The second kappa shape index (κ2) is 9.41. The van der Waals surface area contributed by atoms with Crippen molar-refractivity contribution in [3.8, 4) is 21.9 Å². The molecule has 0 radical (unpaired) electrons. The maximum Gasteiger partial charge on any atom is 0.350 e. The normalized spacial score (nSPS) is 10.4. The monoisotopic (exact) mass is 426 g/mol. The van der Waals surface area contributed by atoms with Crippen LogP contribution >= 0.6 is 11.3 Å². The van der Waals surface area contributed by atoms with Gasteiger partial charge >= 0.3 is 5.97 Å². The lowest BCUT2D eigenvalue weighted by atomic mass is 10.1. The third kappa shape index (κ3) is 4.60. The molecule has 0 aliphatic heterocycles. The molecule has 0 spiro atoms. The van der Waals surface area contributed by atoms with Crippen molar-refractivity contribution in [2.45, 2.75) is 13.8 Å². The first-order chi connectivity index (χ1) is 14.5. The van der Waals surface area contributed by atoms with Crippen LogP contribution in [0, 0.1) is 6.92 Å². The summed E-state index contributed by atoms with van der Waals surface area (Å²) in [4.78, 5) is 30.4. The zero-order valence-corrected chi connectivity index (χ0v) is 18.0. The Balaban J connectivity index is 1.98. The molecule has 0 saturated carbocycles. The molecular formula is C22H22N2O5S. The molecule has 1 N–H and O–H groups in total. The maximum atomic E-state index is 12.7. The molecule has 0 aliphatic rings. The number of rotatable bonds is 7. The van der Waals surface area contributed by atoms with Gasteiger partial charge in [-0.25, -0.2) is 4.79 Å². The fourth-order valence-electron chi connectivity index (χ4n) is 2.76. The molecule has 0 fully saturated rings. The Morgan fingerprint density at radius 1 is 1.07 bits per heavy atom. The molecule has 2 aromatic heterocycles. The molecule has 0 bridgehead atoms. The number of ether oxygens (including phenoxy) is 3. The van der Waals surface area contributed by atoms with Crippen LogP contribution in [0.3, 0.4) is 0 Å². The predicted octanol–water partition coefficient (Wildman–Crippen LogP) is 4.56. The average Bonchev–Trinajstić information content (AvgIpc) is 3.17. The summed E-state index contributed by atoms with van der Waals surface area (Å²) in [5, 5.41) is 2.80. The fourth-order valence-corrected chi connectivity index (χ4v) is 3.76. The highest BCUT2D eigenvalue weighted by atomic mass is 32.1. The highest BCUT2D eigenvalue weighted by Crippen LogP contribution is 2.39. The van der Waals surface area contributed by atoms with Crippen LogP contribution in [0.25, 0.3) is 10.4 Å². The van der Waals surface area contributed by atoms with Gasteiger partial charge in [-0.15, -0.1) is 11.3 Å². The number of aryl methyl sites for hydroxylation is 1. The summed E-state index contributed by atoms with van der Waals surface area (Å²) in [6.45, 7) is 3.81. The van der Waals surface area contributed by atoms with E-state index in [1.807, 2.05) is 19.1 Å². The molecule has 8 heteroatoms. The minimum absolute atomic E-state index is 0.234. The summed E-state index contributed by atoms with van der Waals surface area (Å²) in [7, 11) is 3.12. The number of amides is 1. The number of hydrogen-bond acceptors (Lipinski definition) is 7. The van der Waals surface area contributed by atoms with Crippen LogP contribution in [0.4, 0.5) is 5.69 Å². The van der Waals surface area contributed by atoms with Crippen molar-refractivity contribution in [3.05, 3.63) is 58.7 Å². The van der Waals surface area contributed by atoms with Gasteiger partial charge < -0.3 is 19.5 Å². The number of thiophene rings is 1. The number of methoxy groups -OCH3 is 2. The number of aromatic nitrogens is 1.